The Bertz CT molecular complexity index is 309. The highest BCUT2D eigenvalue weighted by Crippen LogP contribution is 2.17. The zero-order valence-electron chi connectivity index (χ0n) is 8.73. The van der Waals surface area contributed by atoms with Crippen molar-refractivity contribution in [2.24, 2.45) is 5.41 Å². The van der Waals surface area contributed by atoms with Crippen LogP contribution in [0.2, 0.25) is 0 Å². The van der Waals surface area contributed by atoms with Gasteiger partial charge in [0.25, 0.3) is 0 Å². The molecule has 0 aliphatic rings. The van der Waals surface area contributed by atoms with Crippen LogP contribution in [0.4, 0.5) is 0 Å². The summed E-state index contributed by atoms with van der Waals surface area (Å²) >= 11 is 0. The molecule has 0 atom stereocenters. The minimum Gasteiger partial charge on any atom is -0.303 e. The van der Waals surface area contributed by atoms with Gasteiger partial charge in [0.15, 0.2) is 0 Å². The van der Waals surface area contributed by atoms with E-state index in [-0.39, 0.29) is 5.41 Å². The van der Waals surface area contributed by atoms with Crippen molar-refractivity contribution in [3.63, 3.8) is 0 Å². The standard InChI is InChI=1S/C13H16O/c1-13(2,11-14)10-6-9-12-7-4-3-5-8-12/h3-9,11H,10H2,1-2H3/b9-6+. The van der Waals surface area contributed by atoms with Crippen molar-refractivity contribution in [3.8, 4) is 0 Å². The van der Waals surface area contributed by atoms with Crippen molar-refractivity contribution in [1.82, 2.24) is 0 Å². The summed E-state index contributed by atoms with van der Waals surface area (Å²) in [6.45, 7) is 3.88. The van der Waals surface area contributed by atoms with Gasteiger partial charge in [0.2, 0.25) is 0 Å². The first-order valence-corrected chi connectivity index (χ1v) is 4.82. The Hall–Kier alpha value is -1.37. The Balaban J connectivity index is 2.54. The Morgan fingerprint density at radius 1 is 1.21 bits per heavy atom. The summed E-state index contributed by atoms with van der Waals surface area (Å²) in [7, 11) is 0. The summed E-state index contributed by atoms with van der Waals surface area (Å²) in [5.41, 5.74) is 0.930. The van der Waals surface area contributed by atoms with E-state index in [4.69, 9.17) is 0 Å². The van der Waals surface area contributed by atoms with Gasteiger partial charge in [0.1, 0.15) is 6.29 Å². The van der Waals surface area contributed by atoms with Gasteiger partial charge in [0, 0.05) is 5.41 Å². The number of rotatable bonds is 4. The molecule has 74 valence electrons. The SMILES string of the molecule is CC(C)(C=O)C/C=C/c1ccccc1. The van der Waals surface area contributed by atoms with E-state index in [0.717, 1.165) is 12.7 Å². The third-order valence-electron chi connectivity index (χ3n) is 2.07. The second-order valence-electron chi connectivity index (χ2n) is 4.12. The Kier molecular flexibility index (Phi) is 3.63. The Morgan fingerprint density at radius 2 is 1.86 bits per heavy atom. The number of hydrogen-bond acceptors (Lipinski definition) is 1. The molecule has 0 spiro atoms. The number of aldehydes is 1. The van der Waals surface area contributed by atoms with E-state index in [9.17, 15) is 4.79 Å². The lowest BCUT2D eigenvalue weighted by atomic mass is 9.91. The third kappa shape index (κ3) is 3.56. The summed E-state index contributed by atoms with van der Waals surface area (Å²) in [4.78, 5) is 10.6. The van der Waals surface area contributed by atoms with Crippen molar-refractivity contribution in [2.45, 2.75) is 20.3 Å². The fourth-order valence-corrected chi connectivity index (χ4v) is 1.11. The molecule has 1 aromatic rings. The molecule has 0 saturated heterocycles. The summed E-state index contributed by atoms with van der Waals surface area (Å²) in [6, 6.07) is 10.1. The Labute approximate surface area is 85.5 Å². The van der Waals surface area contributed by atoms with Crippen LogP contribution < -0.4 is 0 Å². The first kappa shape index (κ1) is 10.7. The summed E-state index contributed by atoms with van der Waals surface area (Å²) in [6.07, 6.45) is 5.88. The molecule has 0 amide bonds. The van der Waals surface area contributed by atoms with Crippen molar-refractivity contribution in [3.05, 3.63) is 42.0 Å². The van der Waals surface area contributed by atoms with Crippen LogP contribution in [0.5, 0.6) is 0 Å². The lowest BCUT2D eigenvalue weighted by Crippen LogP contribution is -2.10. The number of carbonyl (C=O) groups is 1. The smallest absolute Gasteiger partial charge is 0.125 e. The maximum Gasteiger partial charge on any atom is 0.125 e. The van der Waals surface area contributed by atoms with Gasteiger partial charge in [-0.15, -0.1) is 0 Å². The summed E-state index contributed by atoms with van der Waals surface area (Å²) in [5, 5.41) is 0. The number of hydrogen-bond donors (Lipinski definition) is 0. The molecule has 1 nitrogen and oxygen atoms in total. The average Bonchev–Trinajstić information content (AvgIpc) is 2.19. The maximum absolute atomic E-state index is 10.6. The van der Waals surface area contributed by atoms with Gasteiger partial charge < -0.3 is 4.79 Å². The van der Waals surface area contributed by atoms with Gasteiger partial charge in [-0.05, 0) is 12.0 Å². The van der Waals surface area contributed by atoms with Crippen LogP contribution in [0.25, 0.3) is 6.08 Å². The van der Waals surface area contributed by atoms with Crippen LogP contribution in [0.1, 0.15) is 25.8 Å². The van der Waals surface area contributed by atoms with Gasteiger partial charge in [0.05, 0.1) is 0 Å². The lowest BCUT2D eigenvalue weighted by molar-refractivity contribution is -0.114. The Morgan fingerprint density at radius 3 is 2.43 bits per heavy atom. The monoisotopic (exact) mass is 188 g/mol. The fourth-order valence-electron chi connectivity index (χ4n) is 1.11. The largest absolute Gasteiger partial charge is 0.303 e. The molecular weight excluding hydrogens is 172 g/mol. The van der Waals surface area contributed by atoms with Crippen LogP contribution in [0, 0.1) is 5.41 Å². The molecule has 0 aromatic heterocycles. The van der Waals surface area contributed by atoms with Crippen molar-refractivity contribution < 1.29 is 4.79 Å². The topological polar surface area (TPSA) is 17.1 Å². The third-order valence-corrected chi connectivity index (χ3v) is 2.07. The minimum absolute atomic E-state index is 0.245. The van der Waals surface area contributed by atoms with Crippen molar-refractivity contribution in [2.75, 3.05) is 0 Å². The lowest BCUT2D eigenvalue weighted by Gasteiger charge is -2.12. The van der Waals surface area contributed by atoms with E-state index in [1.54, 1.807) is 0 Å². The van der Waals surface area contributed by atoms with Crippen molar-refractivity contribution in [1.29, 1.82) is 0 Å². The first-order chi connectivity index (χ1) is 6.64. The normalized spacial score (nSPS) is 11.9. The van der Waals surface area contributed by atoms with Gasteiger partial charge in [-0.2, -0.15) is 0 Å². The van der Waals surface area contributed by atoms with Crippen molar-refractivity contribution >= 4 is 12.4 Å². The van der Waals surface area contributed by atoms with Crippen LogP contribution in [-0.4, -0.2) is 6.29 Å². The van der Waals surface area contributed by atoms with E-state index < -0.39 is 0 Å². The zero-order chi connectivity index (χ0) is 10.4. The molecular formula is C13H16O. The minimum atomic E-state index is -0.245. The highest BCUT2D eigenvalue weighted by Gasteiger charge is 2.13. The molecule has 1 aromatic carbocycles. The molecule has 0 N–H and O–H groups in total. The molecule has 1 rings (SSSR count). The van der Waals surface area contributed by atoms with E-state index in [0.29, 0.717) is 0 Å². The zero-order valence-corrected chi connectivity index (χ0v) is 8.73. The molecule has 0 aliphatic heterocycles. The van der Waals surface area contributed by atoms with Gasteiger partial charge in [-0.3, -0.25) is 0 Å². The van der Waals surface area contributed by atoms with E-state index in [1.165, 1.54) is 5.56 Å². The predicted octanol–water partition coefficient (Wildman–Crippen LogP) is 3.32. The molecule has 0 fully saturated rings. The fraction of sp³-hybridized carbons (Fsp3) is 0.308. The van der Waals surface area contributed by atoms with Gasteiger partial charge in [-0.25, -0.2) is 0 Å². The molecule has 0 aliphatic carbocycles. The van der Waals surface area contributed by atoms with Gasteiger partial charge in [-0.1, -0.05) is 56.3 Å². The maximum atomic E-state index is 10.6. The summed E-state index contributed by atoms with van der Waals surface area (Å²) in [5.74, 6) is 0. The summed E-state index contributed by atoms with van der Waals surface area (Å²) < 4.78 is 0. The highest BCUT2D eigenvalue weighted by atomic mass is 16.1. The van der Waals surface area contributed by atoms with E-state index in [1.807, 2.05) is 56.3 Å². The first-order valence-electron chi connectivity index (χ1n) is 4.82. The molecule has 14 heavy (non-hydrogen) atoms. The molecule has 0 unspecified atom stereocenters. The van der Waals surface area contributed by atoms with Crippen LogP contribution >= 0.6 is 0 Å². The molecule has 0 saturated carbocycles. The van der Waals surface area contributed by atoms with Crippen LogP contribution in [-0.2, 0) is 4.79 Å². The average molecular weight is 188 g/mol. The number of allylic oxidation sites excluding steroid dienone is 1. The number of benzene rings is 1. The van der Waals surface area contributed by atoms with Crippen LogP contribution in [0.3, 0.4) is 0 Å². The van der Waals surface area contributed by atoms with Gasteiger partial charge >= 0.3 is 0 Å². The van der Waals surface area contributed by atoms with E-state index >= 15 is 0 Å². The van der Waals surface area contributed by atoms with E-state index in [2.05, 4.69) is 0 Å². The van der Waals surface area contributed by atoms with Crippen LogP contribution in [0.15, 0.2) is 36.4 Å². The molecule has 1 heteroatoms. The molecule has 0 bridgehead atoms. The highest BCUT2D eigenvalue weighted by molar-refractivity contribution is 5.59. The number of carbonyl (C=O) groups excluding carboxylic acids is 1. The molecule has 0 radical (unpaired) electrons. The second-order valence-corrected chi connectivity index (χ2v) is 4.12. The quantitative estimate of drug-likeness (QED) is 0.662. The second kappa shape index (κ2) is 4.75. The molecule has 0 heterocycles. The predicted molar refractivity (Wildman–Crippen MR) is 59.9 cm³/mol.